The van der Waals surface area contributed by atoms with Gasteiger partial charge >= 0.3 is 0 Å². The van der Waals surface area contributed by atoms with Crippen molar-refractivity contribution < 1.29 is 4.74 Å². The number of hydrogen-bond acceptors (Lipinski definition) is 8. The third kappa shape index (κ3) is 3.75. The first kappa shape index (κ1) is 23.7. The second kappa shape index (κ2) is 9.11. The Bertz CT molecular complexity index is 1620. The Morgan fingerprint density at radius 1 is 1.05 bits per heavy atom. The predicted molar refractivity (Wildman–Crippen MR) is 142 cm³/mol. The molecule has 3 saturated heterocycles. The first-order valence-corrected chi connectivity index (χ1v) is 13.5. The van der Waals surface area contributed by atoms with Crippen LogP contribution in [-0.2, 0) is 0 Å². The van der Waals surface area contributed by atoms with Gasteiger partial charge in [0, 0.05) is 48.7 Å². The molecule has 3 aliphatic rings. The molecule has 4 aromatic heterocycles. The van der Waals surface area contributed by atoms with E-state index < -0.39 is 0 Å². The SMILES string of the molecule is Cc1c(-c2cc(OC(C)c3ccccn3)n3c(C#N)cnc3c2)cnn1C1CN(C2CC3CCC2N3C#N)C1. The summed E-state index contributed by atoms with van der Waals surface area (Å²) in [4.78, 5) is 13.5. The van der Waals surface area contributed by atoms with Crippen LogP contribution in [0.2, 0.25) is 0 Å². The number of nitrogens with zero attached hydrogens (tertiary/aromatic N) is 9. The topological polar surface area (TPSA) is 111 Å². The zero-order chi connectivity index (χ0) is 26.7. The standard InChI is InChI=1S/C29H29N9O/c1-18-24(14-34-38(18)23-15-35(16-23)27-11-21-6-7-26(27)36(21)17-31)20-9-28-33-13-22(12-30)37(28)29(10-20)39-19(2)25-5-3-4-8-32-25/h3-5,8-10,13-14,19,21,23,26-27H,6-7,11,15-16H2,1-2H3. The molecule has 0 aromatic carbocycles. The quantitative estimate of drug-likeness (QED) is 0.353. The second-order valence-corrected chi connectivity index (χ2v) is 10.9. The third-order valence-corrected chi connectivity index (χ3v) is 8.77. The Morgan fingerprint density at radius 2 is 1.92 bits per heavy atom. The third-order valence-electron chi connectivity index (χ3n) is 8.77. The number of pyridine rings is 2. The second-order valence-electron chi connectivity index (χ2n) is 10.9. The van der Waals surface area contributed by atoms with Crippen LogP contribution in [0, 0.1) is 29.7 Å². The minimum atomic E-state index is -0.314. The fourth-order valence-electron chi connectivity index (χ4n) is 6.75. The smallest absolute Gasteiger partial charge is 0.201 e. The lowest BCUT2D eigenvalue weighted by Gasteiger charge is -2.45. The Labute approximate surface area is 226 Å². The van der Waals surface area contributed by atoms with Gasteiger partial charge in [-0.15, -0.1) is 0 Å². The number of rotatable bonds is 6. The Kier molecular flexibility index (Phi) is 5.53. The van der Waals surface area contributed by atoms with Gasteiger partial charge in [0.2, 0.25) is 5.88 Å². The molecule has 0 saturated carbocycles. The number of aromatic nitrogens is 5. The molecule has 0 amide bonds. The highest BCUT2D eigenvalue weighted by molar-refractivity contribution is 5.71. The molecule has 10 nitrogen and oxygen atoms in total. The van der Waals surface area contributed by atoms with Crippen LogP contribution in [0.25, 0.3) is 16.8 Å². The summed E-state index contributed by atoms with van der Waals surface area (Å²) in [5.74, 6) is 0.537. The molecule has 3 aliphatic heterocycles. The highest BCUT2D eigenvalue weighted by Gasteiger charge is 2.51. The van der Waals surface area contributed by atoms with E-state index in [0.29, 0.717) is 41.4 Å². The summed E-state index contributed by atoms with van der Waals surface area (Å²) in [5.41, 5.74) is 4.92. The lowest BCUT2D eigenvalue weighted by molar-refractivity contribution is 0.0368. The van der Waals surface area contributed by atoms with E-state index in [-0.39, 0.29) is 6.10 Å². The van der Waals surface area contributed by atoms with Crippen molar-refractivity contribution in [1.29, 1.82) is 10.5 Å². The fourth-order valence-corrected chi connectivity index (χ4v) is 6.75. The van der Waals surface area contributed by atoms with Crippen molar-refractivity contribution in [1.82, 2.24) is 33.9 Å². The number of ether oxygens (including phenoxy) is 1. The van der Waals surface area contributed by atoms with E-state index in [2.05, 4.69) is 38.7 Å². The van der Waals surface area contributed by atoms with Crippen molar-refractivity contribution >= 4 is 5.65 Å². The predicted octanol–water partition coefficient (Wildman–Crippen LogP) is 3.86. The minimum Gasteiger partial charge on any atom is -0.469 e. The van der Waals surface area contributed by atoms with Gasteiger partial charge in [-0.2, -0.15) is 15.6 Å². The molecule has 196 valence electrons. The number of imidazole rings is 1. The summed E-state index contributed by atoms with van der Waals surface area (Å²) < 4.78 is 10.2. The highest BCUT2D eigenvalue weighted by atomic mass is 16.5. The van der Waals surface area contributed by atoms with Crippen LogP contribution in [0.5, 0.6) is 5.88 Å². The Morgan fingerprint density at radius 3 is 2.67 bits per heavy atom. The summed E-state index contributed by atoms with van der Waals surface area (Å²) in [5, 5.41) is 24.0. The summed E-state index contributed by atoms with van der Waals surface area (Å²) >= 11 is 0. The zero-order valence-corrected chi connectivity index (χ0v) is 22.0. The van der Waals surface area contributed by atoms with Crippen LogP contribution in [0.1, 0.15) is 55.4 Å². The van der Waals surface area contributed by atoms with Gasteiger partial charge < -0.3 is 9.64 Å². The highest BCUT2D eigenvalue weighted by Crippen LogP contribution is 2.42. The van der Waals surface area contributed by atoms with E-state index in [4.69, 9.17) is 9.84 Å². The largest absolute Gasteiger partial charge is 0.469 e. The van der Waals surface area contributed by atoms with Crippen LogP contribution in [0.3, 0.4) is 0 Å². The Hall–Kier alpha value is -4.41. The maximum atomic E-state index is 9.68. The first-order chi connectivity index (χ1) is 19.1. The molecule has 2 bridgehead atoms. The van der Waals surface area contributed by atoms with Crippen LogP contribution < -0.4 is 4.74 Å². The minimum absolute atomic E-state index is 0.314. The molecule has 0 spiro atoms. The van der Waals surface area contributed by atoms with E-state index in [1.165, 1.54) is 0 Å². The summed E-state index contributed by atoms with van der Waals surface area (Å²) in [6.07, 6.45) is 10.7. The van der Waals surface area contributed by atoms with Crippen LogP contribution in [0.4, 0.5) is 0 Å². The lowest BCUT2D eigenvalue weighted by atomic mass is 9.91. The normalized spacial score (nSPS) is 23.5. The number of hydrogen-bond donors (Lipinski definition) is 0. The van der Waals surface area contributed by atoms with Gasteiger partial charge in [-0.1, -0.05) is 6.07 Å². The van der Waals surface area contributed by atoms with Crippen molar-refractivity contribution in [2.24, 2.45) is 0 Å². The van der Waals surface area contributed by atoms with Gasteiger partial charge in [0.1, 0.15) is 23.5 Å². The van der Waals surface area contributed by atoms with Gasteiger partial charge in [0.05, 0.1) is 30.2 Å². The maximum Gasteiger partial charge on any atom is 0.201 e. The number of likely N-dealkylation sites (tertiary alicyclic amines) is 1. The average Bonchev–Trinajstić information content (AvgIpc) is 3.70. The van der Waals surface area contributed by atoms with E-state index in [9.17, 15) is 10.5 Å². The molecule has 4 unspecified atom stereocenters. The van der Waals surface area contributed by atoms with Crippen molar-refractivity contribution in [3.05, 3.63) is 66.0 Å². The lowest BCUT2D eigenvalue weighted by Crippen LogP contribution is -2.56. The van der Waals surface area contributed by atoms with Gasteiger partial charge in [-0.3, -0.25) is 19.0 Å². The molecular weight excluding hydrogens is 490 g/mol. The molecule has 7 heterocycles. The number of nitriles is 2. The van der Waals surface area contributed by atoms with Crippen LogP contribution in [-0.4, -0.2) is 65.2 Å². The molecule has 4 aromatic rings. The van der Waals surface area contributed by atoms with E-state index in [0.717, 1.165) is 54.9 Å². The Balaban J connectivity index is 1.15. The van der Waals surface area contributed by atoms with Gasteiger partial charge in [-0.25, -0.2) is 4.98 Å². The summed E-state index contributed by atoms with van der Waals surface area (Å²) in [6.45, 7) is 5.96. The molecule has 4 atom stereocenters. The zero-order valence-electron chi connectivity index (χ0n) is 22.0. The molecule has 0 aliphatic carbocycles. The average molecular weight is 520 g/mol. The van der Waals surface area contributed by atoms with Crippen LogP contribution >= 0.6 is 0 Å². The van der Waals surface area contributed by atoms with Gasteiger partial charge in [-0.05, 0) is 56.9 Å². The molecule has 3 fully saturated rings. The van der Waals surface area contributed by atoms with Gasteiger partial charge in [0.25, 0.3) is 0 Å². The maximum absolute atomic E-state index is 9.68. The summed E-state index contributed by atoms with van der Waals surface area (Å²) in [7, 11) is 0. The van der Waals surface area contributed by atoms with E-state index in [1.807, 2.05) is 48.4 Å². The van der Waals surface area contributed by atoms with E-state index >= 15 is 0 Å². The summed E-state index contributed by atoms with van der Waals surface area (Å²) in [6, 6.07) is 13.5. The molecule has 39 heavy (non-hydrogen) atoms. The molecule has 10 heteroatoms. The van der Waals surface area contributed by atoms with Crippen molar-refractivity contribution in [2.45, 2.75) is 63.4 Å². The van der Waals surface area contributed by atoms with Crippen LogP contribution in [0.15, 0.2) is 48.9 Å². The van der Waals surface area contributed by atoms with E-state index in [1.54, 1.807) is 16.8 Å². The van der Waals surface area contributed by atoms with Gasteiger partial charge in [0.15, 0.2) is 6.19 Å². The molecule has 7 rings (SSSR count). The number of fused-ring (bicyclic) bond motifs is 3. The van der Waals surface area contributed by atoms with Crippen molar-refractivity contribution in [3.63, 3.8) is 0 Å². The monoisotopic (exact) mass is 519 g/mol. The molecule has 0 N–H and O–H groups in total. The molecular formula is C29H29N9O. The first-order valence-electron chi connectivity index (χ1n) is 13.5. The fraction of sp³-hybridized carbons (Fsp3) is 0.414. The van der Waals surface area contributed by atoms with Crippen molar-refractivity contribution in [2.75, 3.05) is 13.1 Å². The van der Waals surface area contributed by atoms with Crippen molar-refractivity contribution in [3.8, 4) is 29.3 Å². The molecule has 0 radical (unpaired) electrons.